The van der Waals surface area contributed by atoms with Gasteiger partial charge in [0.15, 0.2) is 6.04 Å². The Bertz CT molecular complexity index is 321. The van der Waals surface area contributed by atoms with E-state index in [0.717, 1.165) is 4.90 Å². The molecule has 0 spiro atoms. The lowest BCUT2D eigenvalue weighted by atomic mass is 10.2. The van der Waals surface area contributed by atoms with Crippen molar-refractivity contribution in [3.05, 3.63) is 0 Å². The summed E-state index contributed by atoms with van der Waals surface area (Å²) in [5, 5.41) is 2.55. The van der Waals surface area contributed by atoms with Crippen LogP contribution in [0.5, 0.6) is 0 Å². The molecule has 0 saturated heterocycles. The van der Waals surface area contributed by atoms with Crippen LogP contribution in [0.4, 0.5) is 0 Å². The Morgan fingerprint density at radius 2 is 2.00 bits per heavy atom. The normalized spacial score (nSPS) is 11.6. The van der Waals surface area contributed by atoms with Crippen LogP contribution in [0.1, 0.15) is 6.92 Å². The third kappa shape index (κ3) is 6.73. The average molecular weight is 275 g/mol. The minimum Gasteiger partial charge on any atom is -0.464 e. The van der Waals surface area contributed by atoms with Crippen molar-refractivity contribution in [2.75, 3.05) is 40.5 Å². The zero-order valence-corrected chi connectivity index (χ0v) is 11.5. The number of nitrogens with zero attached hydrogens (tertiary/aromatic N) is 1. The summed E-state index contributed by atoms with van der Waals surface area (Å²) >= 11 is 0. The second-order valence-corrected chi connectivity index (χ2v) is 3.77. The SMILES string of the molecule is CCOC(=O)C(N)C(=O)N(C)CC(=O)NCCOC. The molecule has 0 aromatic heterocycles. The first-order valence-electron chi connectivity index (χ1n) is 5.86. The van der Waals surface area contributed by atoms with Gasteiger partial charge in [0.25, 0.3) is 5.91 Å². The van der Waals surface area contributed by atoms with Gasteiger partial charge in [0, 0.05) is 20.7 Å². The fraction of sp³-hybridized carbons (Fsp3) is 0.727. The lowest BCUT2D eigenvalue weighted by molar-refractivity contribution is -0.151. The lowest BCUT2D eigenvalue weighted by Crippen LogP contribution is -2.50. The van der Waals surface area contributed by atoms with Crippen molar-refractivity contribution in [3.8, 4) is 0 Å². The van der Waals surface area contributed by atoms with Crippen LogP contribution in [0.25, 0.3) is 0 Å². The van der Waals surface area contributed by atoms with Gasteiger partial charge in [0.05, 0.1) is 19.8 Å². The monoisotopic (exact) mass is 275 g/mol. The number of ether oxygens (including phenoxy) is 2. The predicted molar refractivity (Wildman–Crippen MR) is 67.1 cm³/mol. The molecule has 3 N–H and O–H groups in total. The van der Waals surface area contributed by atoms with E-state index >= 15 is 0 Å². The molecule has 0 aromatic carbocycles. The van der Waals surface area contributed by atoms with Gasteiger partial charge in [-0.1, -0.05) is 0 Å². The van der Waals surface area contributed by atoms with Gasteiger partial charge in [-0.05, 0) is 6.92 Å². The topological polar surface area (TPSA) is 111 Å². The third-order valence-corrected chi connectivity index (χ3v) is 2.19. The number of hydrogen-bond acceptors (Lipinski definition) is 6. The van der Waals surface area contributed by atoms with E-state index in [-0.39, 0.29) is 19.1 Å². The summed E-state index contributed by atoms with van der Waals surface area (Å²) < 4.78 is 9.40. The van der Waals surface area contributed by atoms with Crippen molar-refractivity contribution < 1.29 is 23.9 Å². The number of nitrogens with two attached hydrogens (primary N) is 1. The number of hydrogen-bond donors (Lipinski definition) is 2. The predicted octanol–water partition coefficient (Wildman–Crippen LogP) is -1.90. The number of rotatable bonds is 8. The highest BCUT2D eigenvalue weighted by Gasteiger charge is 2.27. The molecule has 0 aromatic rings. The molecule has 0 radical (unpaired) electrons. The number of esters is 1. The molecular formula is C11H21N3O5. The van der Waals surface area contributed by atoms with Crippen LogP contribution in [0, 0.1) is 0 Å². The molecule has 1 unspecified atom stereocenters. The van der Waals surface area contributed by atoms with Gasteiger partial charge < -0.3 is 25.4 Å². The Labute approximate surface area is 112 Å². The van der Waals surface area contributed by atoms with Crippen molar-refractivity contribution in [2.24, 2.45) is 5.73 Å². The van der Waals surface area contributed by atoms with Crippen LogP contribution >= 0.6 is 0 Å². The minimum atomic E-state index is -1.41. The van der Waals surface area contributed by atoms with Crippen LogP contribution in [0.2, 0.25) is 0 Å². The zero-order valence-electron chi connectivity index (χ0n) is 11.5. The summed E-state index contributed by atoms with van der Waals surface area (Å²) in [4.78, 5) is 35.5. The number of carbonyl (C=O) groups is 3. The number of amides is 2. The highest BCUT2D eigenvalue weighted by Crippen LogP contribution is 1.93. The first kappa shape index (κ1) is 17.3. The van der Waals surface area contributed by atoms with E-state index in [0.29, 0.717) is 13.2 Å². The molecule has 0 aliphatic heterocycles. The maximum absolute atomic E-state index is 11.7. The van der Waals surface area contributed by atoms with Gasteiger partial charge in [0.2, 0.25) is 5.91 Å². The van der Waals surface area contributed by atoms with Gasteiger partial charge in [-0.25, -0.2) is 4.79 Å². The summed E-state index contributed by atoms with van der Waals surface area (Å²) in [7, 11) is 2.90. The maximum atomic E-state index is 11.7. The summed E-state index contributed by atoms with van der Waals surface area (Å²) in [6.07, 6.45) is 0. The standard InChI is InChI=1S/C11H21N3O5/c1-4-19-11(17)9(12)10(16)14(2)7-8(15)13-5-6-18-3/h9H,4-7,12H2,1-3H3,(H,13,15). The van der Waals surface area contributed by atoms with Gasteiger partial charge in [0.1, 0.15) is 0 Å². The molecule has 0 aliphatic rings. The number of nitrogens with one attached hydrogen (secondary N) is 1. The first-order valence-corrected chi connectivity index (χ1v) is 5.86. The fourth-order valence-corrected chi connectivity index (χ4v) is 1.21. The Balaban J connectivity index is 4.18. The first-order chi connectivity index (χ1) is 8.93. The number of carbonyl (C=O) groups excluding carboxylic acids is 3. The summed E-state index contributed by atoms with van der Waals surface area (Å²) in [5.74, 6) is -1.83. The molecule has 8 nitrogen and oxygen atoms in total. The quantitative estimate of drug-likeness (QED) is 0.304. The molecule has 0 heterocycles. The van der Waals surface area contributed by atoms with E-state index in [4.69, 9.17) is 10.5 Å². The molecular weight excluding hydrogens is 254 g/mol. The Kier molecular flexibility index (Phi) is 8.47. The second kappa shape index (κ2) is 9.29. The van der Waals surface area contributed by atoms with Gasteiger partial charge in [-0.3, -0.25) is 9.59 Å². The smallest absolute Gasteiger partial charge is 0.332 e. The average Bonchev–Trinajstić information content (AvgIpc) is 2.37. The van der Waals surface area contributed by atoms with E-state index in [1.807, 2.05) is 0 Å². The molecule has 0 fully saturated rings. The van der Waals surface area contributed by atoms with Crippen molar-refractivity contribution in [1.29, 1.82) is 0 Å². The zero-order chi connectivity index (χ0) is 14.8. The molecule has 8 heteroatoms. The van der Waals surface area contributed by atoms with E-state index in [1.165, 1.54) is 14.2 Å². The van der Waals surface area contributed by atoms with Crippen molar-refractivity contribution in [3.63, 3.8) is 0 Å². The van der Waals surface area contributed by atoms with Crippen LogP contribution in [-0.4, -0.2) is 69.2 Å². The highest BCUT2D eigenvalue weighted by atomic mass is 16.5. The van der Waals surface area contributed by atoms with E-state index in [9.17, 15) is 14.4 Å². The number of methoxy groups -OCH3 is 1. The van der Waals surface area contributed by atoms with Crippen LogP contribution in [0.15, 0.2) is 0 Å². The molecule has 110 valence electrons. The largest absolute Gasteiger partial charge is 0.464 e. The van der Waals surface area contributed by atoms with Crippen molar-refractivity contribution in [1.82, 2.24) is 10.2 Å². The van der Waals surface area contributed by atoms with Gasteiger partial charge in [-0.15, -0.1) is 0 Å². The molecule has 0 rings (SSSR count). The molecule has 0 aliphatic carbocycles. The van der Waals surface area contributed by atoms with E-state index in [1.54, 1.807) is 6.92 Å². The Hall–Kier alpha value is -1.67. The van der Waals surface area contributed by atoms with Crippen LogP contribution in [0.3, 0.4) is 0 Å². The summed E-state index contributed by atoms with van der Waals surface area (Å²) in [6, 6.07) is -1.41. The molecule has 1 atom stereocenters. The lowest BCUT2D eigenvalue weighted by Gasteiger charge is -2.19. The molecule has 0 saturated carbocycles. The van der Waals surface area contributed by atoms with Gasteiger partial charge in [-0.2, -0.15) is 0 Å². The summed E-state index contributed by atoms with van der Waals surface area (Å²) in [6.45, 7) is 2.30. The maximum Gasteiger partial charge on any atom is 0.332 e. The van der Waals surface area contributed by atoms with Crippen LogP contribution < -0.4 is 11.1 Å². The molecule has 19 heavy (non-hydrogen) atoms. The van der Waals surface area contributed by atoms with E-state index < -0.39 is 17.9 Å². The molecule has 2 amide bonds. The molecule has 0 bridgehead atoms. The second-order valence-electron chi connectivity index (χ2n) is 3.77. The fourth-order valence-electron chi connectivity index (χ4n) is 1.21. The minimum absolute atomic E-state index is 0.140. The summed E-state index contributed by atoms with van der Waals surface area (Å²) in [5.41, 5.74) is 5.43. The van der Waals surface area contributed by atoms with Crippen molar-refractivity contribution in [2.45, 2.75) is 13.0 Å². The number of likely N-dealkylation sites (N-methyl/N-ethyl adjacent to an activating group) is 1. The third-order valence-electron chi connectivity index (χ3n) is 2.19. The van der Waals surface area contributed by atoms with Crippen molar-refractivity contribution >= 4 is 17.8 Å². The highest BCUT2D eigenvalue weighted by molar-refractivity contribution is 6.02. The Morgan fingerprint density at radius 1 is 1.37 bits per heavy atom. The van der Waals surface area contributed by atoms with E-state index in [2.05, 4.69) is 10.1 Å². The van der Waals surface area contributed by atoms with Crippen LogP contribution in [-0.2, 0) is 23.9 Å². The van der Waals surface area contributed by atoms with Gasteiger partial charge >= 0.3 is 5.97 Å². The Morgan fingerprint density at radius 3 is 2.53 bits per heavy atom.